The first-order valence-electron chi connectivity index (χ1n) is 9.17. The first kappa shape index (κ1) is 20.4. The van der Waals surface area contributed by atoms with Gasteiger partial charge in [-0.2, -0.15) is 0 Å². The fraction of sp³-hybridized carbons (Fsp3) is 0.273. The van der Waals surface area contributed by atoms with Crippen LogP contribution in [0.5, 0.6) is 5.75 Å². The Morgan fingerprint density at radius 2 is 1.86 bits per heavy atom. The third-order valence-corrected chi connectivity index (χ3v) is 5.14. The van der Waals surface area contributed by atoms with Crippen molar-refractivity contribution in [3.63, 3.8) is 0 Å². The molecule has 1 amide bonds. The summed E-state index contributed by atoms with van der Waals surface area (Å²) in [6.45, 7) is 5.78. The van der Waals surface area contributed by atoms with Crippen LogP contribution in [0.25, 0.3) is 0 Å². The van der Waals surface area contributed by atoms with E-state index in [1.165, 1.54) is 0 Å². The largest absolute Gasteiger partial charge is 0.486 e. The van der Waals surface area contributed by atoms with Gasteiger partial charge in [-0.15, -0.1) is 11.3 Å². The number of thiazole rings is 1. The van der Waals surface area contributed by atoms with Gasteiger partial charge in [0.2, 0.25) is 0 Å². The van der Waals surface area contributed by atoms with Gasteiger partial charge in [0.25, 0.3) is 5.91 Å². The number of ether oxygens (including phenoxy) is 1. The molecule has 6 heteroatoms. The number of rotatable bonds is 8. The second-order valence-electron chi connectivity index (χ2n) is 6.92. The highest BCUT2D eigenvalue weighted by Crippen LogP contribution is 2.19. The molecule has 0 saturated heterocycles. The van der Waals surface area contributed by atoms with Crippen molar-refractivity contribution in [3.8, 4) is 5.75 Å². The van der Waals surface area contributed by atoms with Crippen molar-refractivity contribution in [2.24, 2.45) is 5.92 Å². The highest BCUT2D eigenvalue weighted by atomic mass is 35.5. The summed E-state index contributed by atoms with van der Waals surface area (Å²) in [5.41, 5.74) is 1.58. The smallest absolute Gasteiger partial charge is 0.254 e. The van der Waals surface area contributed by atoms with Crippen LogP contribution in [0, 0.1) is 5.92 Å². The van der Waals surface area contributed by atoms with Crippen molar-refractivity contribution >= 4 is 28.8 Å². The molecule has 0 N–H and O–H groups in total. The average molecular weight is 415 g/mol. The molecule has 0 saturated carbocycles. The normalized spacial score (nSPS) is 10.9. The summed E-state index contributed by atoms with van der Waals surface area (Å²) < 4.78 is 5.76. The number of hydrogen-bond acceptors (Lipinski definition) is 4. The molecule has 28 heavy (non-hydrogen) atoms. The van der Waals surface area contributed by atoms with Gasteiger partial charge in [-0.25, -0.2) is 4.98 Å². The van der Waals surface area contributed by atoms with Gasteiger partial charge in [0, 0.05) is 22.5 Å². The summed E-state index contributed by atoms with van der Waals surface area (Å²) in [6, 6.07) is 16.6. The molecular weight excluding hydrogens is 392 g/mol. The molecule has 0 aliphatic carbocycles. The minimum atomic E-state index is 0.0289. The van der Waals surface area contributed by atoms with Crippen molar-refractivity contribution in [2.75, 3.05) is 6.54 Å². The van der Waals surface area contributed by atoms with Crippen molar-refractivity contribution in [1.82, 2.24) is 9.88 Å². The predicted octanol–water partition coefficient (Wildman–Crippen LogP) is 5.67. The van der Waals surface area contributed by atoms with Gasteiger partial charge in [-0.1, -0.05) is 43.6 Å². The van der Waals surface area contributed by atoms with Gasteiger partial charge >= 0.3 is 0 Å². The Balaban J connectivity index is 1.64. The Morgan fingerprint density at radius 3 is 2.54 bits per heavy atom. The quantitative estimate of drug-likeness (QED) is 0.476. The number of carbonyl (C=O) groups is 1. The maximum absolute atomic E-state index is 12.9. The number of halogens is 1. The SMILES string of the molecule is CC(C)CN(Cc1csc(COc2ccc(Cl)cc2)n1)C(=O)c1ccccc1. The van der Waals surface area contributed by atoms with E-state index in [0.29, 0.717) is 36.2 Å². The van der Waals surface area contributed by atoms with Gasteiger partial charge in [-0.05, 0) is 42.3 Å². The van der Waals surface area contributed by atoms with Crippen molar-refractivity contribution in [3.05, 3.63) is 81.3 Å². The standard InChI is InChI=1S/C22H23ClN2O2S/c1-16(2)12-25(22(26)17-6-4-3-5-7-17)13-19-15-28-21(24-19)14-27-20-10-8-18(23)9-11-20/h3-11,15-16H,12-14H2,1-2H3. The van der Waals surface area contributed by atoms with E-state index in [2.05, 4.69) is 18.8 Å². The molecule has 0 bridgehead atoms. The number of carbonyl (C=O) groups excluding carboxylic acids is 1. The second kappa shape index (κ2) is 9.71. The lowest BCUT2D eigenvalue weighted by atomic mass is 10.1. The van der Waals surface area contributed by atoms with Gasteiger partial charge in [-0.3, -0.25) is 4.79 Å². The number of aromatic nitrogens is 1. The van der Waals surface area contributed by atoms with E-state index in [-0.39, 0.29) is 5.91 Å². The Morgan fingerprint density at radius 1 is 1.14 bits per heavy atom. The van der Waals surface area contributed by atoms with Gasteiger partial charge in [0.05, 0.1) is 12.2 Å². The van der Waals surface area contributed by atoms with Crippen LogP contribution in [0.4, 0.5) is 0 Å². The van der Waals surface area contributed by atoms with Crippen molar-refractivity contribution in [1.29, 1.82) is 0 Å². The minimum Gasteiger partial charge on any atom is -0.486 e. The number of hydrogen-bond donors (Lipinski definition) is 0. The maximum Gasteiger partial charge on any atom is 0.254 e. The van der Waals surface area contributed by atoms with E-state index in [1.54, 1.807) is 23.5 Å². The minimum absolute atomic E-state index is 0.0289. The Labute approximate surface area is 174 Å². The molecule has 0 unspecified atom stereocenters. The van der Waals surface area contributed by atoms with Crippen molar-refractivity contribution < 1.29 is 9.53 Å². The van der Waals surface area contributed by atoms with Crippen LogP contribution in [0.3, 0.4) is 0 Å². The third kappa shape index (κ3) is 5.81. The molecule has 0 spiro atoms. The van der Waals surface area contributed by atoms with Crippen molar-refractivity contribution in [2.45, 2.75) is 27.0 Å². The molecule has 0 fully saturated rings. The summed E-state index contributed by atoms with van der Waals surface area (Å²) in [5.74, 6) is 1.15. The predicted molar refractivity (Wildman–Crippen MR) is 114 cm³/mol. The molecule has 0 aliphatic rings. The molecule has 3 rings (SSSR count). The summed E-state index contributed by atoms with van der Waals surface area (Å²) in [7, 11) is 0. The summed E-state index contributed by atoms with van der Waals surface area (Å²) in [6.07, 6.45) is 0. The van der Waals surface area contributed by atoms with Gasteiger partial charge in [0.15, 0.2) is 0 Å². The zero-order valence-electron chi connectivity index (χ0n) is 16.0. The number of amides is 1. The Hall–Kier alpha value is -2.37. The first-order valence-corrected chi connectivity index (χ1v) is 10.4. The lowest BCUT2D eigenvalue weighted by molar-refractivity contribution is 0.0720. The first-order chi connectivity index (χ1) is 13.5. The summed E-state index contributed by atoms with van der Waals surface area (Å²) >= 11 is 7.43. The topological polar surface area (TPSA) is 42.4 Å². The van der Waals surface area contributed by atoms with E-state index in [0.717, 1.165) is 16.5 Å². The molecular formula is C22H23ClN2O2S. The number of nitrogens with zero attached hydrogens (tertiary/aromatic N) is 2. The Bertz CT molecular complexity index is 894. The zero-order chi connectivity index (χ0) is 19.9. The van der Waals surface area contributed by atoms with E-state index in [4.69, 9.17) is 16.3 Å². The monoisotopic (exact) mass is 414 g/mol. The second-order valence-corrected chi connectivity index (χ2v) is 8.30. The summed E-state index contributed by atoms with van der Waals surface area (Å²) in [5, 5.41) is 3.55. The fourth-order valence-electron chi connectivity index (χ4n) is 2.78. The lowest BCUT2D eigenvalue weighted by Gasteiger charge is -2.24. The van der Waals surface area contributed by atoms with Gasteiger partial charge in [0.1, 0.15) is 17.4 Å². The van der Waals surface area contributed by atoms with E-state index in [1.807, 2.05) is 52.7 Å². The lowest BCUT2D eigenvalue weighted by Crippen LogP contribution is -2.33. The molecule has 1 aromatic heterocycles. The molecule has 0 atom stereocenters. The van der Waals surface area contributed by atoms with E-state index >= 15 is 0 Å². The third-order valence-electron chi connectivity index (χ3n) is 4.02. The highest BCUT2D eigenvalue weighted by molar-refractivity contribution is 7.09. The highest BCUT2D eigenvalue weighted by Gasteiger charge is 2.18. The molecule has 0 radical (unpaired) electrons. The molecule has 0 aliphatic heterocycles. The fourth-order valence-corrected chi connectivity index (χ4v) is 3.60. The van der Waals surface area contributed by atoms with Crippen LogP contribution in [0.15, 0.2) is 60.0 Å². The molecule has 3 aromatic rings. The number of benzene rings is 2. The zero-order valence-corrected chi connectivity index (χ0v) is 17.5. The van der Waals surface area contributed by atoms with Crippen LogP contribution >= 0.6 is 22.9 Å². The van der Waals surface area contributed by atoms with Crippen LogP contribution in [-0.2, 0) is 13.2 Å². The van der Waals surface area contributed by atoms with Crippen LogP contribution in [0.1, 0.15) is 34.9 Å². The molecule has 146 valence electrons. The Kier molecular flexibility index (Phi) is 7.06. The van der Waals surface area contributed by atoms with Gasteiger partial charge < -0.3 is 9.64 Å². The van der Waals surface area contributed by atoms with Crippen LogP contribution in [-0.4, -0.2) is 22.3 Å². The molecule has 4 nitrogen and oxygen atoms in total. The van der Waals surface area contributed by atoms with Crippen LogP contribution in [0.2, 0.25) is 5.02 Å². The average Bonchev–Trinajstić information content (AvgIpc) is 3.14. The molecule has 2 aromatic carbocycles. The maximum atomic E-state index is 12.9. The summed E-state index contributed by atoms with van der Waals surface area (Å²) in [4.78, 5) is 19.4. The van der Waals surface area contributed by atoms with E-state index < -0.39 is 0 Å². The van der Waals surface area contributed by atoms with Crippen LogP contribution < -0.4 is 4.74 Å². The molecule has 1 heterocycles. The van der Waals surface area contributed by atoms with E-state index in [9.17, 15) is 4.79 Å².